The average molecular weight is 248 g/mol. The molecule has 1 saturated heterocycles. The highest BCUT2D eigenvalue weighted by molar-refractivity contribution is 8.07. The van der Waals surface area contributed by atoms with Crippen molar-refractivity contribution in [2.45, 2.75) is 18.2 Å². The molecule has 17 heavy (non-hydrogen) atoms. The molecule has 1 aromatic carbocycles. The van der Waals surface area contributed by atoms with Gasteiger partial charge in [0.15, 0.2) is 0 Å². The summed E-state index contributed by atoms with van der Waals surface area (Å²) in [7, 11) is 1.74. The summed E-state index contributed by atoms with van der Waals surface area (Å²) in [5.74, 6) is 2.37. The Labute approximate surface area is 105 Å². The van der Waals surface area contributed by atoms with Gasteiger partial charge in [0.2, 0.25) is 0 Å². The molecule has 1 aliphatic heterocycles. The molecule has 3 rings (SSSR count). The molecule has 1 fully saturated rings. The van der Waals surface area contributed by atoms with Gasteiger partial charge >= 0.3 is 0 Å². The minimum Gasteiger partial charge on any atom is -0.383 e. The summed E-state index contributed by atoms with van der Waals surface area (Å²) in [4.78, 5) is 4.79. The van der Waals surface area contributed by atoms with Crippen LogP contribution in [0.1, 0.15) is 12.7 Å². The fraction of sp³-hybridized carbons (Fsp3) is 0.462. The Hall–Kier alpha value is -1.00. The lowest BCUT2D eigenvalue weighted by molar-refractivity contribution is 0.187. The maximum Gasteiger partial charge on any atom is 0.126 e. The molecule has 0 saturated carbocycles. The summed E-state index contributed by atoms with van der Waals surface area (Å²) in [5.41, 5.74) is 2.31. The van der Waals surface area contributed by atoms with E-state index in [1.165, 1.54) is 17.1 Å². The molecule has 0 bridgehead atoms. The number of benzene rings is 1. The zero-order chi connectivity index (χ0) is 11.9. The second-order valence-electron chi connectivity index (χ2n) is 4.59. The topological polar surface area (TPSA) is 27.1 Å². The molecule has 0 amide bonds. The number of fused-ring (bicyclic) bond motifs is 1. The summed E-state index contributed by atoms with van der Waals surface area (Å²) in [6.45, 7) is 3.87. The zero-order valence-corrected chi connectivity index (χ0v) is 11.0. The highest BCUT2D eigenvalue weighted by Crippen LogP contribution is 2.52. The first-order chi connectivity index (χ1) is 8.24. The SMILES string of the molecule is COCCn1c(C2(C)CS2)nc2ccccc21. The Bertz CT molecular complexity index is 545. The quantitative estimate of drug-likeness (QED) is 0.778. The van der Waals surface area contributed by atoms with Crippen LogP contribution in [0.2, 0.25) is 0 Å². The summed E-state index contributed by atoms with van der Waals surface area (Å²) in [6.07, 6.45) is 0. The largest absolute Gasteiger partial charge is 0.383 e. The maximum absolute atomic E-state index is 5.20. The monoisotopic (exact) mass is 248 g/mol. The molecule has 4 heteroatoms. The van der Waals surface area contributed by atoms with E-state index in [2.05, 4.69) is 29.7 Å². The van der Waals surface area contributed by atoms with E-state index in [0.717, 1.165) is 18.7 Å². The zero-order valence-electron chi connectivity index (χ0n) is 10.1. The number of ether oxygens (including phenoxy) is 1. The van der Waals surface area contributed by atoms with Gasteiger partial charge in [0.25, 0.3) is 0 Å². The lowest BCUT2D eigenvalue weighted by atomic mass is 10.2. The number of rotatable bonds is 4. The first-order valence-corrected chi connectivity index (χ1v) is 6.82. The Balaban J connectivity index is 2.12. The smallest absolute Gasteiger partial charge is 0.126 e. The van der Waals surface area contributed by atoms with Crippen molar-refractivity contribution in [2.24, 2.45) is 0 Å². The molecule has 2 heterocycles. The van der Waals surface area contributed by atoms with Crippen LogP contribution in [0.3, 0.4) is 0 Å². The van der Waals surface area contributed by atoms with Crippen LogP contribution in [0.5, 0.6) is 0 Å². The van der Waals surface area contributed by atoms with Crippen molar-refractivity contribution >= 4 is 22.8 Å². The van der Waals surface area contributed by atoms with Crippen LogP contribution >= 0.6 is 11.8 Å². The minimum absolute atomic E-state index is 0.215. The normalized spacial score (nSPS) is 23.2. The molecular weight excluding hydrogens is 232 g/mol. The van der Waals surface area contributed by atoms with Crippen LogP contribution < -0.4 is 0 Å². The van der Waals surface area contributed by atoms with Crippen LogP contribution in [0.15, 0.2) is 24.3 Å². The van der Waals surface area contributed by atoms with Crippen molar-refractivity contribution in [3.8, 4) is 0 Å². The second-order valence-corrected chi connectivity index (χ2v) is 6.07. The number of methoxy groups -OCH3 is 1. The summed E-state index contributed by atoms with van der Waals surface area (Å²) >= 11 is 1.96. The average Bonchev–Trinajstić information content (AvgIpc) is 2.98. The van der Waals surface area contributed by atoms with Crippen molar-refractivity contribution < 1.29 is 4.74 Å². The first kappa shape index (κ1) is 11.1. The Morgan fingerprint density at radius 3 is 2.94 bits per heavy atom. The van der Waals surface area contributed by atoms with E-state index in [1.54, 1.807) is 7.11 Å². The summed E-state index contributed by atoms with van der Waals surface area (Å²) in [6, 6.07) is 8.33. The van der Waals surface area contributed by atoms with Crippen LogP contribution in [0, 0.1) is 0 Å². The van der Waals surface area contributed by atoms with E-state index in [1.807, 2.05) is 17.8 Å². The van der Waals surface area contributed by atoms with Gasteiger partial charge in [-0.3, -0.25) is 0 Å². The molecule has 2 aromatic rings. The van der Waals surface area contributed by atoms with Gasteiger partial charge in [0, 0.05) is 19.4 Å². The van der Waals surface area contributed by atoms with Gasteiger partial charge in [-0.05, 0) is 19.1 Å². The minimum atomic E-state index is 0.215. The standard InChI is InChI=1S/C13H16N2OS/c1-13(9-17-13)12-14-10-5-3-4-6-11(10)15(12)7-8-16-2/h3-6H,7-9H2,1-2H3. The Kier molecular flexibility index (Phi) is 2.64. The van der Waals surface area contributed by atoms with Crippen LogP contribution in [-0.2, 0) is 16.0 Å². The summed E-state index contributed by atoms with van der Waals surface area (Å²) < 4.78 is 7.72. The number of hydrogen-bond donors (Lipinski definition) is 0. The van der Waals surface area contributed by atoms with Crippen LogP contribution in [0.25, 0.3) is 11.0 Å². The third-order valence-electron chi connectivity index (χ3n) is 3.22. The Morgan fingerprint density at radius 2 is 2.24 bits per heavy atom. The molecular formula is C13H16N2OS. The van der Waals surface area contributed by atoms with E-state index in [0.29, 0.717) is 0 Å². The van der Waals surface area contributed by atoms with E-state index in [9.17, 15) is 0 Å². The van der Waals surface area contributed by atoms with Crippen LogP contribution in [0.4, 0.5) is 0 Å². The van der Waals surface area contributed by atoms with Crippen molar-refractivity contribution in [3.63, 3.8) is 0 Å². The van der Waals surface area contributed by atoms with Gasteiger partial charge in [-0.2, -0.15) is 0 Å². The van der Waals surface area contributed by atoms with E-state index in [4.69, 9.17) is 9.72 Å². The van der Waals surface area contributed by atoms with Gasteiger partial charge < -0.3 is 9.30 Å². The third-order valence-corrected chi connectivity index (χ3v) is 4.56. The Morgan fingerprint density at radius 1 is 1.47 bits per heavy atom. The lowest BCUT2D eigenvalue weighted by Crippen LogP contribution is -2.14. The number of aromatic nitrogens is 2. The second kappa shape index (κ2) is 4.03. The number of hydrogen-bond acceptors (Lipinski definition) is 3. The highest BCUT2D eigenvalue weighted by atomic mass is 32.2. The highest BCUT2D eigenvalue weighted by Gasteiger charge is 2.44. The van der Waals surface area contributed by atoms with Crippen molar-refractivity contribution in [3.05, 3.63) is 30.1 Å². The predicted molar refractivity (Wildman–Crippen MR) is 71.4 cm³/mol. The van der Waals surface area contributed by atoms with E-state index >= 15 is 0 Å². The van der Waals surface area contributed by atoms with Gasteiger partial charge in [-0.1, -0.05) is 12.1 Å². The lowest BCUT2D eigenvalue weighted by Gasteiger charge is -2.11. The molecule has 1 aliphatic rings. The third kappa shape index (κ3) is 1.85. The number of nitrogens with zero attached hydrogens (tertiary/aromatic N) is 2. The van der Waals surface area contributed by atoms with Crippen molar-refractivity contribution in [2.75, 3.05) is 19.5 Å². The van der Waals surface area contributed by atoms with E-state index in [-0.39, 0.29) is 4.75 Å². The summed E-state index contributed by atoms with van der Waals surface area (Å²) in [5, 5.41) is 0. The van der Waals surface area contributed by atoms with Gasteiger partial charge in [-0.15, -0.1) is 11.8 Å². The van der Waals surface area contributed by atoms with Crippen LogP contribution in [-0.4, -0.2) is 29.0 Å². The van der Waals surface area contributed by atoms with E-state index < -0.39 is 0 Å². The molecule has 0 N–H and O–H groups in total. The number of thioether (sulfide) groups is 1. The molecule has 0 aliphatic carbocycles. The fourth-order valence-electron chi connectivity index (χ4n) is 2.13. The fourth-order valence-corrected chi connectivity index (χ4v) is 2.76. The molecule has 1 aromatic heterocycles. The molecule has 1 atom stereocenters. The van der Waals surface area contributed by atoms with Crippen molar-refractivity contribution in [1.82, 2.24) is 9.55 Å². The molecule has 1 unspecified atom stereocenters. The first-order valence-electron chi connectivity index (χ1n) is 5.83. The molecule has 90 valence electrons. The van der Waals surface area contributed by atoms with Gasteiger partial charge in [-0.25, -0.2) is 4.98 Å². The van der Waals surface area contributed by atoms with Gasteiger partial charge in [0.1, 0.15) is 5.82 Å². The number of para-hydroxylation sites is 2. The maximum atomic E-state index is 5.20. The molecule has 3 nitrogen and oxygen atoms in total. The van der Waals surface area contributed by atoms with Gasteiger partial charge in [0.05, 0.1) is 22.4 Å². The molecule has 0 spiro atoms. The number of imidazole rings is 1. The predicted octanol–water partition coefficient (Wildman–Crippen LogP) is 2.64. The molecule has 0 radical (unpaired) electrons. The van der Waals surface area contributed by atoms with Crippen molar-refractivity contribution in [1.29, 1.82) is 0 Å².